The SMILES string of the molecule is NCC(c1ccccc1F)N1CCN(C2CCCC2)CC1. The number of halogens is 1. The number of benzene rings is 1. The summed E-state index contributed by atoms with van der Waals surface area (Å²) in [4.78, 5) is 4.97. The van der Waals surface area contributed by atoms with Gasteiger partial charge < -0.3 is 5.73 Å². The number of hydrogen-bond donors (Lipinski definition) is 1. The first kappa shape index (κ1) is 14.9. The Morgan fingerprint density at radius 2 is 1.76 bits per heavy atom. The maximum absolute atomic E-state index is 14.0. The van der Waals surface area contributed by atoms with Crippen molar-refractivity contribution in [2.75, 3.05) is 32.7 Å². The summed E-state index contributed by atoms with van der Waals surface area (Å²) in [6.45, 7) is 4.65. The predicted molar refractivity (Wildman–Crippen MR) is 83.6 cm³/mol. The summed E-state index contributed by atoms with van der Waals surface area (Å²) in [6, 6.07) is 7.84. The van der Waals surface area contributed by atoms with Gasteiger partial charge in [-0.2, -0.15) is 0 Å². The maximum Gasteiger partial charge on any atom is 0.128 e. The van der Waals surface area contributed by atoms with Crippen LogP contribution >= 0.6 is 0 Å². The third kappa shape index (κ3) is 3.28. The zero-order valence-corrected chi connectivity index (χ0v) is 12.7. The second-order valence-electron chi connectivity index (χ2n) is 6.28. The van der Waals surface area contributed by atoms with Crippen LogP contribution < -0.4 is 5.73 Å². The molecule has 2 aliphatic rings. The van der Waals surface area contributed by atoms with Gasteiger partial charge >= 0.3 is 0 Å². The van der Waals surface area contributed by atoms with E-state index in [9.17, 15) is 4.39 Å². The number of hydrogen-bond acceptors (Lipinski definition) is 3. The minimum Gasteiger partial charge on any atom is -0.329 e. The van der Waals surface area contributed by atoms with Crippen LogP contribution in [0.3, 0.4) is 0 Å². The zero-order chi connectivity index (χ0) is 14.7. The number of nitrogens with zero attached hydrogens (tertiary/aromatic N) is 2. The van der Waals surface area contributed by atoms with Crippen LogP contribution in [-0.2, 0) is 0 Å². The molecule has 1 unspecified atom stereocenters. The fraction of sp³-hybridized carbons (Fsp3) is 0.647. The van der Waals surface area contributed by atoms with Gasteiger partial charge in [-0.05, 0) is 18.9 Å². The number of nitrogens with two attached hydrogens (primary N) is 1. The highest BCUT2D eigenvalue weighted by molar-refractivity contribution is 5.22. The van der Waals surface area contributed by atoms with E-state index in [1.165, 1.54) is 31.7 Å². The molecule has 1 aliphatic heterocycles. The first-order valence-corrected chi connectivity index (χ1v) is 8.22. The van der Waals surface area contributed by atoms with Crippen molar-refractivity contribution in [2.24, 2.45) is 5.73 Å². The first-order valence-electron chi connectivity index (χ1n) is 8.22. The van der Waals surface area contributed by atoms with Crippen molar-refractivity contribution >= 4 is 0 Å². The Hall–Kier alpha value is -0.970. The molecule has 2 fully saturated rings. The van der Waals surface area contributed by atoms with Gasteiger partial charge in [0.2, 0.25) is 0 Å². The fourth-order valence-electron chi connectivity index (χ4n) is 3.90. The first-order chi connectivity index (χ1) is 10.3. The number of piperazine rings is 1. The Morgan fingerprint density at radius 3 is 2.38 bits per heavy atom. The highest BCUT2D eigenvalue weighted by Crippen LogP contribution is 2.27. The van der Waals surface area contributed by atoms with Gasteiger partial charge in [0, 0.05) is 44.3 Å². The van der Waals surface area contributed by atoms with E-state index in [0.29, 0.717) is 6.54 Å². The largest absolute Gasteiger partial charge is 0.329 e. The minimum absolute atomic E-state index is 0.0110. The van der Waals surface area contributed by atoms with E-state index in [1.54, 1.807) is 6.07 Å². The summed E-state index contributed by atoms with van der Waals surface area (Å²) in [7, 11) is 0. The Bertz CT molecular complexity index is 451. The van der Waals surface area contributed by atoms with Crippen molar-refractivity contribution < 1.29 is 4.39 Å². The molecule has 0 aromatic heterocycles. The molecule has 1 saturated carbocycles. The summed E-state index contributed by atoms with van der Waals surface area (Å²) in [6.07, 6.45) is 5.47. The molecular formula is C17H26FN3. The van der Waals surface area contributed by atoms with Gasteiger partial charge in [0.05, 0.1) is 6.04 Å². The van der Waals surface area contributed by atoms with Crippen molar-refractivity contribution in [3.05, 3.63) is 35.6 Å². The molecule has 3 nitrogen and oxygen atoms in total. The van der Waals surface area contributed by atoms with Crippen LogP contribution in [0.25, 0.3) is 0 Å². The summed E-state index contributed by atoms with van der Waals surface area (Å²) >= 11 is 0. The Labute approximate surface area is 126 Å². The fourth-order valence-corrected chi connectivity index (χ4v) is 3.90. The van der Waals surface area contributed by atoms with Gasteiger partial charge in [0.1, 0.15) is 5.82 Å². The molecular weight excluding hydrogens is 265 g/mol. The van der Waals surface area contributed by atoms with Gasteiger partial charge in [-0.1, -0.05) is 31.0 Å². The lowest BCUT2D eigenvalue weighted by Gasteiger charge is -2.41. The Morgan fingerprint density at radius 1 is 1.10 bits per heavy atom. The molecule has 0 amide bonds. The van der Waals surface area contributed by atoms with Crippen molar-refractivity contribution in [3.63, 3.8) is 0 Å². The molecule has 1 aliphatic carbocycles. The van der Waals surface area contributed by atoms with E-state index in [-0.39, 0.29) is 11.9 Å². The van der Waals surface area contributed by atoms with Crippen molar-refractivity contribution in [3.8, 4) is 0 Å². The molecule has 4 heteroatoms. The van der Waals surface area contributed by atoms with E-state index in [1.807, 2.05) is 12.1 Å². The third-order valence-electron chi connectivity index (χ3n) is 5.12. The van der Waals surface area contributed by atoms with Gasteiger partial charge in [-0.15, -0.1) is 0 Å². The van der Waals surface area contributed by atoms with Gasteiger partial charge in [-0.25, -0.2) is 4.39 Å². The standard InChI is InChI=1S/C17H26FN3/c18-16-8-4-3-7-15(16)17(13-19)21-11-9-20(10-12-21)14-5-1-2-6-14/h3-4,7-8,14,17H,1-2,5-6,9-13,19H2. The molecule has 21 heavy (non-hydrogen) atoms. The lowest BCUT2D eigenvalue weighted by atomic mass is 10.0. The average Bonchev–Trinajstić information content (AvgIpc) is 3.05. The highest BCUT2D eigenvalue weighted by atomic mass is 19.1. The molecule has 1 aromatic carbocycles. The van der Waals surface area contributed by atoms with Crippen LogP contribution in [0, 0.1) is 5.82 Å². The molecule has 0 radical (unpaired) electrons. The predicted octanol–water partition coefficient (Wildman–Crippen LogP) is 2.39. The van der Waals surface area contributed by atoms with Gasteiger partial charge in [0.25, 0.3) is 0 Å². The summed E-state index contributed by atoms with van der Waals surface area (Å²) in [5, 5.41) is 0. The second kappa shape index (κ2) is 6.86. The van der Waals surface area contributed by atoms with E-state index in [4.69, 9.17) is 5.73 Å². The van der Waals surface area contributed by atoms with Crippen molar-refractivity contribution in [1.82, 2.24) is 9.80 Å². The summed E-state index contributed by atoms with van der Waals surface area (Å²) in [5.74, 6) is -0.133. The Kier molecular flexibility index (Phi) is 4.88. The van der Waals surface area contributed by atoms with Crippen LogP contribution in [0.15, 0.2) is 24.3 Å². The molecule has 1 saturated heterocycles. The van der Waals surface area contributed by atoms with E-state index < -0.39 is 0 Å². The van der Waals surface area contributed by atoms with E-state index in [0.717, 1.165) is 37.8 Å². The normalized spacial score (nSPS) is 23.5. The van der Waals surface area contributed by atoms with E-state index in [2.05, 4.69) is 9.80 Å². The molecule has 0 spiro atoms. The van der Waals surface area contributed by atoms with Crippen molar-refractivity contribution in [2.45, 2.75) is 37.8 Å². The number of rotatable bonds is 4. The maximum atomic E-state index is 14.0. The molecule has 1 aromatic rings. The molecule has 1 atom stereocenters. The second-order valence-corrected chi connectivity index (χ2v) is 6.28. The zero-order valence-electron chi connectivity index (χ0n) is 12.7. The molecule has 116 valence electrons. The monoisotopic (exact) mass is 291 g/mol. The van der Waals surface area contributed by atoms with Crippen LogP contribution in [0.1, 0.15) is 37.3 Å². The minimum atomic E-state index is -0.133. The highest BCUT2D eigenvalue weighted by Gasteiger charge is 2.29. The molecule has 1 heterocycles. The smallest absolute Gasteiger partial charge is 0.128 e. The molecule has 3 rings (SSSR count). The lowest BCUT2D eigenvalue weighted by molar-refractivity contribution is 0.0712. The van der Waals surface area contributed by atoms with Gasteiger partial charge in [-0.3, -0.25) is 9.80 Å². The Balaban J connectivity index is 1.63. The third-order valence-corrected chi connectivity index (χ3v) is 5.12. The quantitative estimate of drug-likeness (QED) is 0.924. The summed E-state index contributed by atoms with van der Waals surface area (Å²) in [5.41, 5.74) is 6.68. The topological polar surface area (TPSA) is 32.5 Å². The van der Waals surface area contributed by atoms with Crippen LogP contribution in [0.2, 0.25) is 0 Å². The van der Waals surface area contributed by atoms with Crippen LogP contribution in [-0.4, -0.2) is 48.6 Å². The molecule has 2 N–H and O–H groups in total. The van der Waals surface area contributed by atoms with Crippen LogP contribution in [0.4, 0.5) is 4.39 Å². The molecule has 0 bridgehead atoms. The average molecular weight is 291 g/mol. The van der Waals surface area contributed by atoms with Crippen molar-refractivity contribution in [1.29, 1.82) is 0 Å². The summed E-state index contributed by atoms with van der Waals surface area (Å²) < 4.78 is 14.0. The lowest BCUT2D eigenvalue weighted by Crippen LogP contribution is -2.51. The van der Waals surface area contributed by atoms with E-state index >= 15 is 0 Å². The van der Waals surface area contributed by atoms with Gasteiger partial charge in [0.15, 0.2) is 0 Å². The van der Waals surface area contributed by atoms with Crippen LogP contribution in [0.5, 0.6) is 0 Å².